The summed E-state index contributed by atoms with van der Waals surface area (Å²) in [6.45, 7) is 2.97. The molecule has 0 unspecified atom stereocenters. The number of hydrogen-bond donors (Lipinski definition) is 1. The van der Waals surface area contributed by atoms with Gasteiger partial charge < -0.3 is 5.32 Å². The summed E-state index contributed by atoms with van der Waals surface area (Å²) >= 11 is 2.95. The van der Waals surface area contributed by atoms with Crippen LogP contribution >= 0.6 is 23.1 Å². The molecule has 0 atom stereocenters. The smallest absolute Gasteiger partial charge is 0.262 e. The molecule has 11 heteroatoms. The third-order valence-electron chi connectivity index (χ3n) is 4.98. The lowest BCUT2D eigenvalue weighted by molar-refractivity contribution is 0.627. The van der Waals surface area contributed by atoms with Crippen molar-refractivity contribution in [3.8, 4) is 0 Å². The Bertz CT molecular complexity index is 1460. The topological polar surface area (TPSA) is 90.0 Å². The molecule has 0 radical (unpaired) electrons. The fraction of sp³-hybridized carbons (Fsp3) is 0.190. The van der Waals surface area contributed by atoms with Gasteiger partial charge >= 0.3 is 0 Å². The Hall–Kier alpha value is -3.31. The van der Waals surface area contributed by atoms with Crippen LogP contribution in [0.5, 0.6) is 0 Å². The van der Waals surface area contributed by atoms with Crippen molar-refractivity contribution in [2.45, 2.75) is 30.1 Å². The SMILES string of the molecule is CCn1c(=O)c2ccccc2n2c(CSc3nnc(NCc4ccc(F)cc4)s3)nnc12. The van der Waals surface area contributed by atoms with Gasteiger partial charge in [0.25, 0.3) is 5.56 Å². The molecule has 0 amide bonds. The van der Waals surface area contributed by atoms with Crippen LogP contribution in [-0.4, -0.2) is 29.4 Å². The number of nitrogens with zero attached hydrogens (tertiary/aromatic N) is 6. The predicted octanol–water partition coefficient (Wildman–Crippen LogP) is 3.96. The molecule has 3 heterocycles. The van der Waals surface area contributed by atoms with Gasteiger partial charge in [0.05, 0.1) is 16.7 Å². The second kappa shape index (κ2) is 8.67. The molecule has 162 valence electrons. The predicted molar refractivity (Wildman–Crippen MR) is 124 cm³/mol. The Morgan fingerprint density at radius 3 is 2.69 bits per heavy atom. The average molecular weight is 468 g/mol. The van der Waals surface area contributed by atoms with Gasteiger partial charge in [-0.3, -0.25) is 13.8 Å². The van der Waals surface area contributed by atoms with Crippen LogP contribution in [0.4, 0.5) is 9.52 Å². The summed E-state index contributed by atoms with van der Waals surface area (Å²) in [7, 11) is 0. The number of rotatable bonds is 7. The zero-order valence-electron chi connectivity index (χ0n) is 17.0. The number of aromatic nitrogens is 6. The van der Waals surface area contributed by atoms with E-state index >= 15 is 0 Å². The van der Waals surface area contributed by atoms with Crippen molar-refractivity contribution >= 4 is 44.9 Å². The lowest BCUT2D eigenvalue weighted by Gasteiger charge is -2.09. The monoisotopic (exact) mass is 467 g/mol. The Morgan fingerprint density at radius 2 is 1.88 bits per heavy atom. The number of thioether (sulfide) groups is 1. The van der Waals surface area contributed by atoms with Crippen LogP contribution in [0.15, 0.2) is 57.7 Å². The number of benzene rings is 2. The van der Waals surface area contributed by atoms with Crippen LogP contribution < -0.4 is 10.9 Å². The molecule has 0 aliphatic heterocycles. The molecule has 5 rings (SSSR count). The van der Waals surface area contributed by atoms with Crippen LogP contribution in [0.1, 0.15) is 18.3 Å². The molecule has 0 aliphatic carbocycles. The number of hydrogen-bond acceptors (Lipinski definition) is 8. The van der Waals surface area contributed by atoms with Gasteiger partial charge in [0.15, 0.2) is 4.34 Å². The van der Waals surface area contributed by atoms with Crippen molar-refractivity contribution in [1.29, 1.82) is 0 Å². The number of para-hydroxylation sites is 1. The van der Waals surface area contributed by atoms with E-state index in [1.54, 1.807) is 16.7 Å². The normalized spacial score (nSPS) is 11.4. The number of halogens is 1. The minimum Gasteiger partial charge on any atom is -0.356 e. The van der Waals surface area contributed by atoms with Gasteiger partial charge in [0, 0.05) is 13.1 Å². The van der Waals surface area contributed by atoms with Gasteiger partial charge in [-0.05, 0) is 36.8 Å². The van der Waals surface area contributed by atoms with Gasteiger partial charge in [0.1, 0.15) is 11.6 Å². The van der Waals surface area contributed by atoms with Crippen LogP contribution in [0, 0.1) is 5.82 Å². The van der Waals surface area contributed by atoms with Crippen molar-refractivity contribution in [2.75, 3.05) is 5.32 Å². The lowest BCUT2D eigenvalue weighted by Crippen LogP contribution is -2.22. The number of anilines is 1. The average Bonchev–Trinajstić information content (AvgIpc) is 3.45. The highest BCUT2D eigenvalue weighted by atomic mass is 32.2. The summed E-state index contributed by atoms with van der Waals surface area (Å²) < 4.78 is 17.4. The maximum Gasteiger partial charge on any atom is 0.262 e. The molecule has 0 aliphatic rings. The largest absolute Gasteiger partial charge is 0.356 e. The highest BCUT2D eigenvalue weighted by Crippen LogP contribution is 2.29. The van der Waals surface area contributed by atoms with E-state index in [0.29, 0.717) is 35.1 Å². The van der Waals surface area contributed by atoms with Crippen molar-refractivity contribution in [2.24, 2.45) is 0 Å². The van der Waals surface area contributed by atoms with Crippen molar-refractivity contribution < 1.29 is 4.39 Å². The summed E-state index contributed by atoms with van der Waals surface area (Å²) in [6, 6.07) is 13.8. The maximum atomic E-state index is 13.0. The highest BCUT2D eigenvalue weighted by Gasteiger charge is 2.16. The van der Waals surface area contributed by atoms with E-state index in [1.165, 1.54) is 35.2 Å². The van der Waals surface area contributed by atoms with Gasteiger partial charge in [0.2, 0.25) is 10.9 Å². The number of nitrogens with one attached hydrogen (secondary N) is 1. The molecule has 0 bridgehead atoms. The quantitative estimate of drug-likeness (QED) is 0.362. The molecule has 0 fully saturated rings. The third-order valence-corrected chi connectivity index (χ3v) is 6.99. The van der Waals surface area contributed by atoms with E-state index in [2.05, 4.69) is 25.7 Å². The third kappa shape index (κ3) is 3.84. The van der Waals surface area contributed by atoms with E-state index in [9.17, 15) is 9.18 Å². The van der Waals surface area contributed by atoms with Crippen molar-refractivity contribution in [3.05, 3.63) is 76.1 Å². The molecule has 1 N–H and O–H groups in total. The minimum atomic E-state index is -0.256. The first-order valence-electron chi connectivity index (χ1n) is 9.94. The summed E-state index contributed by atoms with van der Waals surface area (Å²) in [5, 5.41) is 21.6. The summed E-state index contributed by atoms with van der Waals surface area (Å²) in [4.78, 5) is 12.8. The van der Waals surface area contributed by atoms with Crippen LogP contribution in [0.2, 0.25) is 0 Å². The Morgan fingerprint density at radius 1 is 1.06 bits per heavy atom. The summed E-state index contributed by atoms with van der Waals surface area (Å²) in [6.07, 6.45) is 0. The first-order valence-corrected chi connectivity index (χ1v) is 11.7. The highest BCUT2D eigenvalue weighted by molar-refractivity contribution is 8.00. The molecular weight excluding hydrogens is 449 g/mol. The zero-order valence-corrected chi connectivity index (χ0v) is 18.7. The molecule has 0 saturated carbocycles. The standard InChI is InChI=1S/C21H18FN7OS2/c1-2-28-18(30)15-5-3-4-6-16(15)29-17(24-26-20(28)29)12-31-21-27-25-19(32-21)23-11-13-7-9-14(22)10-8-13/h3-10H,2,11-12H2,1H3,(H,23,25). The molecule has 3 aromatic heterocycles. The van der Waals surface area contributed by atoms with Gasteiger partial charge in [-0.15, -0.1) is 20.4 Å². The second-order valence-corrected chi connectivity index (χ2v) is 9.16. The van der Waals surface area contributed by atoms with Gasteiger partial charge in [-0.25, -0.2) is 4.39 Å². The molecule has 5 aromatic rings. The fourth-order valence-corrected chi connectivity index (χ4v) is 5.10. The summed E-state index contributed by atoms with van der Waals surface area (Å²) in [5.41, 5.74) is 1.68. The number of aryl methyl sites for hydroxylation is 1. The summed E-state index contributed by atoms with van der Waals surface area (Å²) in [5.74, 6) is 1.54. The molecule has 0 saturated heterocycles. The zero-order chi connectivity index (χ0) is 22.1. The molecule has 0 spiro atoms. The maximum absolute atomic E-state index is 13.0. The first-order chi connectivity index (χ1) is 15.6. The van der Waals surface area contributed by atoms with Gasteiger partial charge in [-0.1, -0.05) is 47.4 Å². The van der Waals surface area contributed by atoms with Crippen LogP contribution in [-0.2, 0) is 18.8 Å². The molecular formula is C21H18FN7OS2. The van der Waals surface area contributed by atoms with Crippen molar-refractivity contribution in [1.82, 2.24) is 29.4 Å². The van der Waals surface area contributed by atoms with Gasteiger partial charge in [-0.2, -0.15) is 0 Å². The Kier molecular flexibility index (Phi) is 5.58. The van der Waals surface area contributed by atoms with E-state index in [0.717, 1.165) is 21.2 Å². The fourth-order valence-electron chi connectivity index (χ4n) is 3.44. The van der Waals surface area contributed by atoms with Crippen molar-refractivity contribution in [3.63, 3.8) is 0 Å². The first kappa shape index (κ1) is 20.6. The van der Waals surface area contributed by atoms with Crippen LogP contribution in [0.3, 0.4) is 0 Å². The van der Waals surface area contributed by atoms with E-state index < -0.39 is 0 Å². The lowest BCUT2D eigenvalue weighted by atomic mass is 10.2. The van der Waals surface area contributed by atoms with E-state index in [4.69, 9.17) is 0 Å². The molecule has 2 aromatic carbocycles. The van der Waals surface area contributed by atoms with E-state index in [-0.39, 0.29) is 11.4 Å². The second-order valence-electron chi connectivity index (χ2n) is 6.96. The van der Waals surface area contributed by atoms with E-state index in [1.807, 2.05) is 35.6 Å². The number of fused-ring (bicyclic) bond motifs is 3. The molecule has 8 nitrogen and oxygen atoms in total. The van der Waals surface area contributed by atoms with Crippen LogP contribution in [0.25, 0.3) is 16.7 Å². The minimum absolute atomic E-state index is 0.0665. The molecule has 32 heavy (non-hydrogen) atoms. The Balaban J connectivity index is 1.35. The Labute approximate surface area is 190 Å².